The van der Waals surface area contributed by atoms with Gasteiger partial charge in [-0.3, -0.25) is 15.1 Å². The molecule has 2 aromatic rings. The Hall–Kier alpha value is -3.61. The third kappa shape index (κ3) is 6.09. The highest BCUT2D eigenvalue weighted by Gasteiger charge is 2.45. The predicted molar refractivity (Wildman–Crippen MR) is 125 cm³/mol. The zero-order valence-corrected chi connectivity index (χ0v) is 20.1. The number of nitrogens with one attached hydrogen (secondary N) is 2. The fourth-order valence-corrected chi connectivity index (χ4v) is 4.47. The Morgan fingerprint density at radius 3 is 2.34 bits per heavy atom. The first-order valence-corrected chi connectivity index (χ1v) is 11.4. The molecule has 6 nitrogen and oxygen atoms in total. The van der Waals surface area contributed by atoms with Gasteiger partial charge in [0.15, 0.2) is 0 Å². The number of hydrogen-bond donors (Lipinski definition) is 2. The normalized spacial score (nSPS) is 22.3. The maximum Gasteiger partial charge on any atom is 0.573 e. The summed E-state index contributed by atoms with van der Waals surface area (Å²) in [6.07, 6.45) is -9.06. The van der Waals surface area contributed by atoms with Gasteiger partial charge in [0.2, 0.25) is 12.1 Å². The van der Waals surface area contributed by atoms with Crippen molar-refractivity contribution in [1.29, 1.82) is 0 Å². The number of halogens is 7. The molecule has 2 heterocycles. The van der Waals surface area contributed by atoms with Crippen LogP contribution in [0.25, 0.3) is 0 Å². The highest BCUT2D eigenvalue weighted by Crippen LogP contribution is 2.39. The first kappa shape index (κ1) is 27.4. The van der Waals surface area contributed by atoms with Gasteiger partial charge in [-0.1, -0.05) is 12.1 Å². The van der Waals surface area contributed by atoms with Crippen LogP contribution in [0.4, 0.5) is 36.4 Å². The Morgan fingerprint density at radius 1 is 1.05 bits per heavy atom. The van der Waals surface area contributed by atoms with Crippen molar-refractivity contribution in [3.63, 3.8) is 0 Å². The van der Waals surface area contributed by atoms with Crippen LogP contribution >= 0.6 is 0 Å². The van der Waals surface area contributed by atoms with Crippen LogP contribution in [-0.4, -0.2) is 41.9 Å². The van der Waals surface area contributed by atoms with E-state index in [-0.39, 0.29) is 17.8 Å². The largest absolute Gasteiger partial charge is 0.573 e. The Labute approximate surface area is 213 Å². The third-order valence-electron chi connectivity index (χ3n) is 6.14. The van der Waals surface area contributed by atoms with Gasteiger partial charge in [0, 0.05) is 11.9 Å². The minimum absolute atomic E-state index is 0.0563. The van der Waals surface area contributed by atoms with Crippen molar-refractivity contribution in [2.45, 2.75) is 56.6 Å². The van der Waals surface area contributed by atoms with Crippen molar-refractivity contribution >= 4 is 17.3 Å². The van der Waals surface area contributed by atoms with Crippen LogP contribution in [-0.2, 0) is 4.79 Å². The number of hydrogen-bond acceptors (Lipinski definition) is 5. The van der Waals surface area contributed by atoms with E-state index in [1.165, 1.54) is 41.3 Å². The van der Waals surface area contributed by atoms with E-state index in [0.29, 0.717) is 5.56 Å². The fraction of sp³-hybridized carbons (Fsp3) is 0.360. The minimum Gasteiger partial charge on any atom is -0.406 e. The standard InChI is InChI=1S/C25H23F7N4O2/c1-23(2,20-10-11-33-22(34-20)24(27,28)29)35-18-13-19(14-4-3-5-15(26)12-14)36(21(18)37)16-6-8-17(9-7-16)38-25(30,31)32/h3-12,18-19,22,33,35H,13H2,1-2H3/t18-,19-,22?/m1/s1. The summed E-state index contributed by atoms with van der Waals surface area (Å²) in [5.41, 5.74) is -0.458. The van der Waals surface area contributed by atoms with Crippen LogP contribution in [0.2, 0.25) is 0 Å². The molecular formula is C25H23F7N4O2. The molecule has 1 fully saturated rings. The highest BCUT2D eigenvalue weighted by molar-refractivity contribution is 6.04. The van der Waals surface area contributed by atoms with Gasteiger partial charge in [0.25, 0.3) is 0 Å². The second-order valence-electron chi connectivity index (χ2n) is 9.34. The van der Waals surface area contributed by atoms with Gasteiger partial charge in [-0.2, -0.15) is 13.2 Å². The molecular weight excluding hydrogens is 521 g/mol. The molecule has 1 saturated heterocycles. The zero-order chi connectivity index (χ0) is 27.9. The number of carbonyl (C=O) groups is 1. The quantitative estimate of drug-likeness (QED) is 0.479. The molecule has 204 valence electrons. The second-order valence-corrected chi connectivity index (χ2v) is 9.34. The predicted octanol–water partition coefficient (Wildman–Crippen LogP) is 5.39. The molecule has 0 aromatic heterocycles. The van der Waals surface area contributed by atoms with Gasteiger partial charge in [-0.15, -0.1) is 13.2 Å². The number of ether oxygens (including phenoxy) is 1. The van der Waals surface area contributed by atoms with Crippen LogP contribution in [0, 0.1) is 5.82 Å². The molecule has 0 bridgehead atoms. The monoisotopic (exact) mass is 544 g/mol. The SMILES string of the molecule is CC(C)(N[C@@H]1C[C@H](c2cccc(F)c2)N(c2ccc(OC(F)(F)F)cc2)C1=O)C1=NC(C(F)(F)F)NC=C1. The lowest BCUT2D eigenvalue weighted by Gasteiger charge is -2.32. The summed E-state index contributed by atoms with van der Waals surface area (Å²) >= 11 is 0. The molecule has 2 aliphatic heterocycles. The van der Waals surface area contributed by atoms with Gasteiger partial charge in [0.05, 0.1) is 23.3 Å². The van der Waals surface area contributed by atoms with Gasteiger partial charge in [-0.05, 0) is 68.3 Å². The van der Waals surface area contributed by atoms with Crippen molar-refractivity contribution in [2.75, 3.05) is 4.90 Å². The summed E-state index contributed by atoms with van der Waals surface area (Å²) in [7, 11) is 0. The fourth-order valence-electron chi connectivity index (χ4n) is 4.47. The summed E-state index contributed by atoms with van der Waals surface area (Å²) in [5, 5.41) is 5.20. The molecule has 2 aromatic carbocycles. The number of amides is 1. The third-order valence-corrected chi connectivity index (χ3v) is 6.14. The number of anilines is 1. The molecule has 13 heteroatoms. The number of nitrogens with zero attached hydrogens (tertiary/aromatic N) is 2. The Morgan fingerprint density at radius 2 is 1.74 bits per heavy atom. The summed E-state index contributed by atoms with van der Waals surface area (Å²) in [4.78, 5) is 18.6. The molecule has 2 N–H and O–H groups in total. The number of alkyl halides is 6. The van der Waals surface area contributed by atoms with E-state index in [2.05, 4.69) is 20.4 Å². The number of aliphatic imine (C=N–C) groups is 1. The van der Waals surface area contributed by atoms with Gasteiger partial charge in [-0.25, -0.2) is 4.39 Å². The Balaban J connectivity index is 1.64. The number of carbonyl (C=O) groups excluding carboxylic acids is 1. The van der Waals surface area contributed by atoms with E-state index in [1.807, 2.05) is 0 Å². The molecule has 0 saturated carbocycles. The van der Waals surface area contributed by atoms with Crippen LogP contribution < -0.4 is 20.3 Å². The first-order chi connectivity index (χ1) is 17.6. The molecule has 0 spiro atoms. The molecule has 1 unspecified atom stereocenters. The van der Waals surface area contributed by atoms with Gasteiger partial charge >= 0.3 is 12.5 Å². The smallest absolute Gasteiger partial charge is 0.406 e. The number of rotatable bonds is 6. The molecule has 0 radical (unpaired) electrons. The van der Waals surface area contributed by atoms with Crippen LogP contribution in [0.15, 0.2) is 65.8 Å². The molecule has 4 rings (SSSR count). The van der Waals surface area contributed by atoms with Crippen LogP contribution in [0.3, 0.4) is 0 Å². The summed E-state index contributed by atoms with van der Waals surface area (Å²) in [6.45, 7) is 3.15. The highest BCUT2D eigenvalue weighted by atomic mass is 19.4. The minimum atomic E-state index is -4.90. The van der Waals surface area contributed by atoms with E-state index in [0.717, 1.165) is 18.3 Å². The van der Waals surface area contributed by atoms with E-state index in [4.69, 9.17) is 0 Å². The molecule has 2 aliphatic rings. The molecule has 1 amide bonds. The molecule has 38 heavy (non-hydrogen) atoms. The lowest BCUT2D eigenvalue weighted by atomic mass is 9.94. The van der Waals surface area contributed by atoms with E-state index in [9.17, 15) is 35.5 Å². The maximum atomic E-state index is 14.0. The van der Waals surface area contributed by atoms with E-state index in [1.54, 1.807) is 19.9 Å². The number of benzene rings is 2. The molecule has 3 atom stereocenters. The van der Waals surface area contributed by atoms with Crippen LogP contribution in [0.1, 0.15) is 31.9 Å². The van der Waals surface area contributed by atoms with Crippen molar-refractivity contribution in [3.05, 3.63) is 72.2 Å². The van der Waals surface area contributed by atoms with Crippen molar-refractivity contribution < 1.29 is 40.3 Å². The Kier molecular flexibility index (Phi) is 7.17. The second kappa shape index (κ2) is 9.93. The van der Waals surface area contributed by atoms with E-state index >= 15 is 0 Å². The lowest BCUT2D eigenvalue weighted by Crippen LogP contribution is -2.55. The zero-order valence-electron chi connectivity index (χ0n) is 20.1. The summed E-state index contributed by atoms with van der Waals surface area (Å²) < 4.78 is 95.3. The van der Waals surface area contributed by atoms with Crippen LogP contribution in [0.5, 0.6) is 5.75 Å². The lowest BCUT2D eigenvalue weighted by molar-refractivity contribution is -0.274. The maximum absolute atomic E-state index is 14.0. The van der Waals surface area contributed by atoms with Crippen molar-refractivity contribution in [3.8, 4) is 5.75 Å². The average molecular weight is 544 g/mol. The summed E-state index contributed by atoms with van der Waals surface area (Å²) in [5.74, 6) is -1.53. The molecule has 0 aliphatic carbocycles. The topological polar surface area (TPSA) is 66.0 Å². The first-order valence-electron chi connectivity index (χ1n) is 11.4. The van der Waals surface area contributed by atoms with Crippen molar-refractivity contribution in [2.24, 2.45) is 4.99 Å². The summed E-state index contributed by atoms with van der Waals surface area (Å²) in [6, 6.07) is 8.54. The van der Waals surface area contributed by atoms with Gasteiger partial charge in [0.1, 0.15) is 11.6 Å². The van der Waals surface area contributed by atoms with Gasteiger partial charge < -0.3 is 15.0 Å². The average Bonchev–Trinajstić information content (AvgIpc) is 3.13. The Bertz CT molecular complexity index is 1240. The van der Waals surface area contributed by atoms with E-state index < -0.39 is 53.8 Å². The van der Waals surface area contributed by atoms with Crippen molar-refractivity contribution in [1.82, 2.24) is 10.6 Å².